The molecular weight excluding hydrogens is 224 g/mol. The molecule has 2 atom stereocenters. The van der Waals surface area contributed by atoms with Crippen LogP contribution in [0.4, 0.5) is 0 Å². The van der Waals surface area contributed by atoms with Crippen molar-refractivity contribution in [3.8, 4) is 0 Å². The molecule has 0 unspecified atom stereocenters. The van der Waals surface area contributed by atoms with E-state index in [0.717, 1.165) is 23.4 Å². The van der Waals surface area contributed by atoms with Crippen molar-refractivity contribution in [2.24, 2.45) is 0 Å². The van der Waals surface area contributed by atoms with E-state index in [9.17, 15) is 4.79 Å². The zero-order valence-corrected chi connectivity index (χ0v) is 10.0. The quantitative estimate of drug-likeness (QED) is 0.753. The molecule has 1 aliphatic heterocycles. The molecule has 0 spiro atoms. The average Bonchev–Trinajstić information content (AvgIpc) is 2.61. The maximum Gasteiger partial charge on any atom is 0.306 e. The van der Waals surface area contributed by atoms with Crippen LogP contribution in [-0.2, 0) is 9.53 Å². The van der Waals surface area contributed by atoms with Gasteiger partial charge in [-0.1, -0.05) is 37.1 Å². The SMILES string of the molecule is CCC[C@H]1OC(=O)C[C@@H]1c1ccc(Cl)cc1. The van der Waals surface area contributed by atoms with Gasteiger partial charge in [0.1, 0.15) is 6.10 Å². The highest BCUT2D eigenvalue weighted by Crippen LogP contribution is 2.34. The van der Waals surface area contributed by atoms with Crippen LogP contribution in [0.3, 0.4) is 0 Å². The van der Waals surface area contributed by atoms with Gasteiger partial charge in [-0.15, -0.1) is 0 Å². The van der Waals surface area contributed by atoms with Gasteiger partial charge in [0.15, 0.2) is 0 Å². The van der Waals surface area contributed by atoms with Gasteiger partial charge in [0.2, 0.25) is 0 Å². The van der Waals surface area contributed by atoms with Crippen molar-refractivity contribution in [1.29, 1.82) is 0 Å². The van der Waals surface area contributed by atoms with E-state index < -0.39 is 0 Å². The summed E-state index contributed by atoms with van der Waals surface area (Å²) in [6.45, 7) is 2.10. The first-order chi connectivity index (χ1) is 7.70. The third-order valence-corrected chi connectivity index (χ3v) is 3.24. The summed E-state index contributed by atoms with van der Waals surface area (Å²) in [7, 11) is 0. The third-order valence-electron chi connectivity index (χ3n) is 2.99. The molecule has 1 saturated heterocycles. The van der Waals surface area contributed by atoms with Crippen LogP contribution in [0.15, 0.2) is 24.3 Å². The minimum atomic E-state index is -0.0848. The number of hydrogen-bond acceptors (Lipinski definition) is 2. The number of benzene rings is 1. The van der Waals surface area contributed by atoms with Crippen molar-refractivity contribution in [2.75, 3.05) is 0 Å². The predicted octanol–water partition coefficient (Wildman–Crippen LogP) is 3.54. The standard InChI is InChI=1S/C13H15ClO2/c1-2-3-12-11(8-13(15)16-12)9-4-6-10(14)7-5-9/h4-7,11-12H,2-3,8H2,1H3/t11-,12-/m1/s1. The fourth-order valence-corrected chi connectivity index (χ4v) is 2.32. The van der Waals surface area contributed by atoms with Gasteiger partial charge in [0, 0.05) is 10.9 Å². The molecule has 0 aromatic heterocycles. The summed E-state index contributed by atoms with van der Waals surface area (Å²) in [4.78, 5) is 11.3. The van der Waals surface area contributed by atoms with E-state index in [0.29, 0.717) is 6.42 Å². The Hall–Kier alpha value is -1.02. The highest BCUT2D eigenvalue weighted by Gasteiger charge is 2.34. The smallest absolute Gasteiger partial charge is 0.306 e. The van der Waals surface area contributed by atoms with E-state index in [1.54, 1.807) is 0 Å². The van der Waals surface area contributed by atoms with Crippen molar-refractivity contribution in [3.05, 3.63) is 34.9 Å². The molecule has 2 nitrogen and oxygen atoms in total. The molecule has 1 aromatic rings. The van der Waals surface area contributed by atoms with E-state index in [-0.39, 0.29) is 18.0 Å². The zero-order valence-electron chi connectivity index (χ0n) is 9.28. The summed E-state index contributed by atoms with van der Waals surface area (Å²) >= 11 is 5.85. The third kappa shape index (κ3) is 2.38. The Morgan fingerprint density at radius 1 is 1.38 bits per heavy atom. The summed E-state index contributed by atoms with van der Waals surface area (Å²) in [6.07, 6.45) is 2.49. The van der Waals surface area contributed by atoms with Crippen molar-refractivity contribution in [1.82, 2.24) is 0 Å². The molecule has 1 aliphatic rings. The molecule has 0 radical (unpaired) electrons. The van der Waals surface area contributed by atoms with Gasteiger partial charge in [-0.25, -0.2) is 0 Å². The van der Waals surface area contributed by atoms with Crippen LogP contribution < -0.4 is 0 Å². The second-order valence-corrected chi connectivity index (χ2v) is 4.62. The van der Waals surface area contributed by atoms with Gasteiger partial charge in [0.05, 0.1) is 6.42 Å². The number of halogens is 1. The highest BCUT2D eigenvalue weighted by atomic mass is 35.5. The summed E-state index contributed by atoms with van der Waals surface area (Å²) in [6, 6.07) is 7.70. The number of esters is 1. The van der Waals surface area contributed by atoms with Crippen LogP contribution in [0.2, 0.25) is 5.02 Å². The Morgan fingerprint density at radius 3 is 2.69 bits per heavy atom. The number of carbonyl (C=O) groups excluding carboxylic acids is 1. The summed E-state index contributed by atoms with van der Waals surface area (Å²) in [5.74, 6) is 0.114. The largest absolute Gasteiger partial charge is 0.462 e. The van der Waals surface area contributed by atoms with Crippen LogP contribution in [0.5, 0.6) is 0 Å². The van der Waals surface area contributed by atoms with Gasteiger partial charge in [-0.05, 0) is 24.1 Å². The highest BCUT2D eigenvalue weighted by molar-refractivity contribution is 6.30. The van der Waals surface area contributed by atoms with Gasteiger partial charge < -0.3 is 4.74 Å². The predicted molar refractivity (Wildman–Crippen MR) is 63.6 cm³/mol. The molecule has 0 amide bonds. The molecule has 16 heavy (non-hydrogen) atoms. The molecule has 86 valence electrons. The number of rotatable bonds is 3. The lowest BCUT2D eigenvalue weighted by atomic mass is 9.90. The monoisotopic (exact) mass is 238 g/mol. The Kier molecular flexibility index (Phi) is 3.49. The number of carbonyl (C=O) groups is 1. The van der Waals surface area contributed by atoms with Crippen LogP contribution in [0.1, 0.15) is 37.7 Å². The van der Waals surface area contributed by atoms with Crippen LogP contribution in [0.25, 0.3) is 0 Å². The molecule has 3 heteroatoms. The number of cyclic esters (lactones) is 1. The first-order valence-electron chi connectivity index (χ1n) is 5.65. The van der Waals surface area contributed by atoms with Crippen molar-refractivity contribution >= 4 is 17.6 Å². The van der Waals surface area contributed by atoms with Gasteiger partial charge in [-0.3, -0.25) is 4.79 Å². The number of hydrogen-bond donors (Lipinski definition) is 0. The lowest BCUT2D eigenvalue weighted by molar-refractivity contribution is -0.141. The van der Waals surface area contributed by atoms with Gasteiger partial charge in [0.25, 0.3) is 0 Å². The first kappa shape index (κ1) is 11.5. The molecule has 0 bridgehead atoms. The normalized spacial score (nSPS) is 24.5. The maximum atomic E-state index is 11.3. The molecule has 1 fully saturated rings. The molecule has 0 aliphatic carbocycles. The Bertz CT molecular complexity index is 372. The summed E-state index contributed by atoms with van der Waals surface area (Å²) < 4.78 is 5.33. The minimum Gasteiger partial charge on any atom is -0.462 e. The molecule has 0 saturated carbocycles. The Morgan fingerprint density at radius 2 is 2.06 bits per heavy atom. The summed E-state index contributed by atoms with van der Waals surface area (Å²) in [5, 5.41) is 0.723. The van der Waals surface area contributed by atoms with E-state index in [4.69, 9.17) is 16.3 Å². The Labute approximate surface area is 101 Å². The van der Waals surface area contributed by atoms with Crippen molar-refractivity contribution in [2.45, 2.75) is 38.2 Å². The molecule has 1 aromatic carbocycles. The maximum absolute atomic E-state index is 11.3. The van der Waals surface area contributed by atoms with Crippen LogP contribution in [0, 0.1) is 0 Å². The molecular formula is C13H15ClO2. The first-order valence-corrected chi connectivity index (χ1v) is 6.03. The molecule has 2 rings (SSSR count). The second-order valence-electron chi connectivity index (χ2n) is 4.18. The minimum absolute atomic E-state index is 0.0404. The van der Waals surface area contributed by atoms with E-state index in [1.807, 2.05) is 24.3 Å². The van der Waals surface area contributed by atoms with E-state index in [2.05, 4.69) is 6.92 Å². The fraction of sp³-hybridized carbons (Fsp3) is 0.462. The molecule has 1 heterocycles. The van der Waals surface area contributed by atoms with Crippen molar-refractivity contribution < 1.29 is 9.53 Å². The number of ether oxygens (including phenoxy) is 1. The second kappa shape index (κ2) is 4.88. The topological polar surface area (TPSA) is 26.3 Å². The fourth-order valence-electron chi connectivity index (χ4n) is 2.20. The summed E-state index contributed by atoms with van der Waals surface area (Å²) in [5.41, 5.74) is 1.15. The van der Waals surface area contributed by atoms with Gasteiger partial charge >= 0.3 is 5.97 Å². The Balaban J connectivity index is 2.18. The zero-order chi connectivity index (χ0) is 11.5. The van der Waals surface area contributed by atoms with Crippen LogP contribution in [-0.4, -0.2) is 12.1 Å². The van der Waals surface area contributed by atoms with E-state index >= 15 is 0 Å². The van der Waals surface area contributed by atoms with Crippen molar-refractivity contribution in [3.63, 3.8) is 0 Å². The average molecular weight is 239 g/mol. The lowest BCUT2D eigenvalue weighted by Crippen LogP contribution is -2.14. The molecule has 0 N–H and O–H groups in total. The lowest BCUT2D eigenvalue weighted by Gasteiger charge is -2.16. The van der Waals surface area contributed by atoms with Gasteiger partial charge in [-0.2, -0.15) is 0 Å². The van der Waals surface area contributed by atoms with Crippen LogP contribution >= 0.6 is 11.6 Å². The van der Waals surface area contributed by atoms with E-state index in [1.165, 1.54) is 0 Å².